The molecule has 1 aliphatic rings. The molecule has 6 nitrogen and oxygen atoms in total. The van der Waals surface area contributed by atoms with Crippen LogP contribution in [0.15, 0.2) is 36.8 Å². The number of aromatic nitrogens is 3. The van der Waals surface area contributed by atoms with Crippen molar-refractivity contribution in [1.82, 2.24) is 24.8 Å². The molecule has 3 heterocycles. The standard InChI is InChI=1S/C20H29N5O/c1-24(2)19-8-10-25(15-17(19)6-5-11-26)14-16-12-22-20(23-13-16)18-7-3-4-9-21-18/h3-4,7,9,12-13,17,19,26H,5-6,8,10-11,14-15H2,1-2H3/t17-,19+/m1/s1. The molecule has 0 saturated carbocycles. The number of hydrogen-bond donors (Lipinski definition) is 1. The average molecular weight is 355 g/mol. The summed E-state index contributed by atoms with van der Waals surface area (Å²) < 4.78 is 0. The highest BCUT2D eigenvalue weighted by molar-refractivity contribution is 5.47. The summed E-state index contributed by atoms with van der Waals surface area (Å²) >= 11 is 0. The van der Waals surface area contributed by atoms with Crippen molar-refractivity contribution in [3.8, 4) is 11.5 Å². The van der Waals surface area contributed by atoms with Gasteiger partial charge in [0.25, 0.3) is 0 Å². The van der Waals surface area contributed by atoms with E-state index in [0.717, 1.165) is 50.2 Å². The predicted molar refractivity (Wildman–Crippen MR) is 102 cm³/mol. The molecule has 6 heteroatoms. The van der Waals surface area contributed by atoms with Crippen LogP contribution < -0.4 is 0 Å². The van der Waals surface area contributed by atoms with Crippen LogP contribution in [0.1, 0.15) is 24.8 Å². The molecule has 1 fully saturated rings. The number of aliphatic hydroxyl groups is 1. The molecule has 3 rings (SSSR count). The van der Waals surface area contributed by atoms with Crippen LogP contribution in [0, 0.1) is 5.92 Å². The molecule has 140 valence electrons. The molecule has 0 spiro atoms. The van der Waals surface area contributed by atoms with Gasteiger partial charge in [-0.15, -0.1) is 0 Å². The van der Waals surface area contributed by atoms with Gasteiger partial charge in [0.05, 0.1) is 0 Å². The van der Waals surface area contributed by atoms with Gasteiger partial charge >= 0.3 is 0 Å². The van der Waals surface area contributed by atoms with Crippen LogP contribution in [0.2, 0.25) is 0 Å². The Balaban J connectivity index is 1.61. The lowest BCUT2D eigenvalue weighted by atomic mass is 9.87. The minimum atomic E-state index is 0.277. The van der Waals surface area contributed by atoms with Crippen LogP contribution in [0.3, 0.4) is 0 Å². The van der Waals surface area contributed by atoms with E-state index in [1.165, 1.54) is 0 Å². The van der Waals surface area contributed by atoms with Crippen LogP contribution in [0.4, 0.5) is 0 Å². The van der Waals surface area contributed by atoms with E-state index in [-0.39, 0.29) is 6.61 Å². The molecule has 0 aromatic carbocycles. The zero-order valence-corrected chi connectivity index (χ0v) is 15.8. The molecule has 0 unspecified atom stereocenters. The predicted octanol–water partition coefficient (Wildman–Crippen LogP) is 2.06. The second-order valence-corrected chi connectivity index (χ2v) is 7.31. The molecular formula is C20H29N5O. The van der Waals surface area contributed by atoms with Crippen molar-refractivity contribution in [1.29, 1.82) is 0 Å². The quantitative estimate of drug-likeness (QED) is 0.820. The van der Waals surface area contributed by atoms with E-state index in [1.807, 2.05) is 30.6 Å². The monoisotopic (exact) mass is 355 g/mol. The summed E-state index contributed by atoms with van der Waals surface area (Å²) in [5, 5.41) is 9.19. The minimum absolute atomic E-state index is 0.277. The number of aliphatic hydroxyl groups excluding tert-OH is 1. The third-order valence-electron chi connectivity index (χ3n) is 5.18. The molecule has 1 N–H and O–H groups in total. The van der Waals surface area contributed by atoms with Gasteiger partial charge in [0.2, 0.25) is 0 Å². The largest absolute Gasteiger partial charge is 0.396 e. The second kappa shape index (κ2) is 9.16. The maximum atomic E-state index is 9.19. The van der Waals surface area contributed by atoms with Crippen molar-refractivity contribution in [2.24, 2.45) is 5.92 Å². The molecule has 2 atom stereocenters. The Labute approximate surface area is 155 Å². The van der Waals surface area contributed by atoms with Crippen molar-refractivity contribution < 1.29 is 5.11 Å². The molecule has 2 aromatic rings. The van der Waals surface area contributed by atoms with Gasteiger partial charge in [-0.05, 0) is 58.0 Å². The molecule has 0 aliphatic carbocycles. The van der Waals surface area contributed by atoms with Gasteiger partial charge in [-0.2, -0.15) is 0 Å². The molecule has 0 radical (unpaired) electrons. The van der Waals surface area contributed by atoms with Crippen LogP contribution in [0.5, 0.6) is 0 Å². The molecule has 2 aromatic heterocycles. The summed E-state index contributed by atoms with van der Waals surface area (Å²) in [7, 11) is 4.33. The Morgan fingerprint density at radius 3 is 2.65 bits per heavy atom. The van der Waals surface area contributed by atoms with Crippen LogP contribution in [0.25, 0.3) is 11.5 Å². The van der Waals surface area contributed by atoms with Crippen molar-refractivity contribution in [2.45, 2.75) is 31.8 Å². The van der Waals surface area contributed by atoms with Crippen molar-refractivity contribution in [2.75, 3.05) is 33.8 Å². The lowest BCUT2D eigenvalue weighted by Crippen LogP contribution is -2.48. The van der Waals surface area contributed by atoms with E-state index in [1.54, 1.807) is 6.20 Å². The maximum Gasteiger partial charge on any atom is 0.178 e. The number of pyridine rings is 1. The molecule has 0 bridgehead atoms. The maximum absolute atomic E-state index is 9.19. The van der Waals surface area contributed by atoms with E-state index in [2.05, 4.69) is 38.8 Å². The molecular weight excluding hydrogens is 326 g/mol. The van der Waals surface area contributed by atoms with Crippen LogP contribution in [-0.4, -0.2) is 69.7 Å². The van der Waals surface area contributed by atoms with E-state index in [0.29, 0.717) is 17.8 Å². The first-order chi connectivity index (χ1) is 12.7. The van der Waals surface area contributed by atoms with Crippen molar-refractivity contribution in [3.05, 3.63) is 42.4 Å². The first-order valence-electron chi connectivity index (χ1n) is 9.39. The lowest BCUT2D eigenvalue weighted by Gasteiger charge is -2.41. The van der Waals surface area contributed by atoms with E-state index in [4.69, 9.17) is 0 Å². The number of nitrogens with zero attached hydrogens (tertiary/aromatic N) is 5. The van der Waals surface area contributed by atoms with E-state index in [9.17, 15) is 5.11 Å². The Morgan fingerprint density at radius 2 is 2.00 bits per heavy atom. The Bertz CT molecular complexity index is 662. The fourth-order valence-corrected chi connectivity index (χ4v) is 3.88. The molecule has 0 amide bonds. The van der Waals surface area contributed by atoms with E-state index < -0.39 is 0 Å². The lowest BCUT2D eigenvalue weighted by molar-refractivity contribution is 0.0716. The first-order valence-corrected chi connectivity index (χ1v) is 9.39. The second-order valence-electron chi connectivity index (χ2n) is 7.31. The number of likely N-dealkylation sites (tertiary alicyclic amines) is 1. The first kappa shape index (κ1) is 18.9. The highest BCUT2D eigenvalue weighted by atomic mass is 16.2. The normalized spacial score (nSPS) is 21.2. The van der Waals surface area contributed by atoms with Crippen LogP contribution in [-0.2, 0) is 6.54 Å². The summed E-state index contributed by atoms with van der Waals surface area (Å²) in [5.41, 5.74) is 1.93. The van der Waals surface area contributed by atoms with Crippen molar-refractivity contribution >= 4 is 0 Å². The number of rotatable bonds is 7. The summed E-state index contributed by atoms with van der Waals surface area (Å²) in [4.78, 5) is 18.1. The Hall–Kier alpha value is -1.89. The number of piperidine rings is 1. The highest BCUT2D eigenvalue weighted by Crippen LogP contribution is 2.26. The van der Waals surface area contributed by atoms with Gasteiger partial charge in [-0.1, -0.05) is 6.07 Å². The van der Waals surface area contributed by atoms with Gasteiger partial charge in [0, 0.05) is 49.9 Å². The third-order valence-corrected chi connectivity index (χ3v) is 5.18. The van der Waals surface area contributed by atoms with Gasteiger partial charge in [-0.25, -0.2) is 9.97 Å². The summed E-state index contributed by atoms with van der Waals surface area (Å²) in [6.45, 7) is 3.29. The highest BCUT2D eigenvalue weighted by Gasteiger charge is 2.30. The summed E-state index contributed by atoms with van der Waals surface area (Å²) in [5.74, 6) is 1.26. The zero-order chi connectivity index (χ0) is 18.4. The van der Waals surface area contributed by atoms with Crippen molar-refractivity contribution in [3.63, 3.8) is 0 Å². The average Bonchev–Trinajstić information content (AvgIpc) is 2.67. The summed E-state index contributed by atoms with van der Waals surface area (Å²) in [6, 6.07) is 6.36. The minimum Gasteiger partial charge on any atom is -0.396 e. The van der Waals surface area contributed by atoms with Crippen LogP contribution >= 0.6 is 0 Å². The van der Waals surface area contributed by atoms with Gasteiger partial charge in [-0.3, -0.25) is 9.88 Å². The third kappa shape index (κ3) is 4.84. The fourth-order valence-electron chi connectivity index (χ4n) is 3.88. The Kier molecular flexibility index (Phi) is 6.66. The van der Waals surface area contributed by atoms with Gasteiger partial charge < -0.3 is 10.0 Å². The fraction of sp³-hybridized carbons (Fsp3) is 0.550. The molecule has 26 heavy (non-hydrogen) atoms. The molecule has 1 aliphatic heterocycles. The number of hydrogen-bond acceptors (Lipinski definition) is 6. The Morgan fingerprint density at radius 1 is 1.19 bits per heavy atom. The summed E-state index contributed by atoms with van der Waals surface area (Å²) in [6.07, 6.45) is 8.70. The molecule has 1 saturated heterocycles. The smallest absolute Gasteiger partial charge is 0.178 e. The SMILES string of the molecule is CN(C)[C@H]1CCN(Cc2cnc(-c3ccccn3)nc2)C[C@H]1CCCO. The van der Waals surface area contributed by atoms with Gasteiger partial charge in [0.1, 0.15) is 5.69 Å². The van der Waals surface area contributed by atoms with E-state index >= 15 is 0 Å². The topological polar surface area (TPSA) is 65.4 Å². The van der Waals surface area contributed by atoms with Gasteiger partial charge in [0.15, 0.2) is 5.82 Å². The zero-order valence-electron chi connectivity index (χ0n) is 15.8.